The van der Waals surface area contributed by atoms with E-state index in [1.54, 1.807) is 20.8 Å². The number of hydrogen-bond acceptors (Lipinski definition) is 4. The first-order valence-electron chi connectivity index (χ1n) is 4.33. The SMILES string of the molecule is COC(=O)C(C)C(=O)NOC(C)(C)C. The van der Waals surface area contributed by atoms with E-state index in [0.717, 1.165) is 0 Å². The van der Waals surface area contributed by atoms with Gasteiger partial charge in [0.1, 0.15) is 5.92 Å². The standard InChI is InChI=1S/C9H17NO4/c1-6(8(12)13-5)7(11)10-14-9(2,3)4/h6H,1-5H3,(H,10,11). The molecule has 0 saturated heterocycles. The van der Waals surface area contributed by atoms with Crippen LogP contribution >= 0.6 is 0 Å². The summed E-state index contributed by atoms with van der Waals surface area (Å²) in [4.78, 5) is 27.2. The van der Waals surface area contributed by atoms with E-state index >= 15 is 0 Å². The van der Waals surface area contributed by atoms with E-state index in [9.17, 15) is 9.59 Å². The largest absolute Gasteiger partial charge is 0.468 e. The van der Waals surface area contributed by atoms with Gasteiger partial charge in [0, 0.05) is 0 Å². The van der Waals surface area contributed by atoms with Gasteiger partial charge in [0.15, 0.2) is 0 Å². The summed E-state index contributed by atoms with van der Waals surface area (Å²) >= 11 is 0. The maximum Gasteiger partial charge on any atom is 0.318 e. The Bertz CT molecular complexity index is 219. The van der Waals surface area contributed by atoms with Gasteiger partial charge in [-0.05, 0) is 27.7 Å². The summed E-state index contributed by atoms with van der Waals surface area (Å²) in [5.41, 5.74) is 1.72. The van der Waals surface area contributed by atoms with Gasteiger partial charge in [0.2, 0.25) is 0 Å². The highest BCUT2D eigenvalue weighted by Crippen LogP contribution is 2.05. The Kier molecular flexibility index (Phi) is 4.56. The molecule has 5 heteroatoms. The van der Waals surface area contributed by atoms with Crippen molar-refractivity contribution in [1.29, 1.82) is 0 Å². The summed E-state index contributed by atoms with van der Waals surface area (Å²) in [6.45, 7) is 6.81. The average Bonchev–Trinajstić information content (AvgIpc) is 2.10. The van der Waals surface area contributed by atoms with Crippen molar-refractivity contribution in [2.75, 3.05) is 7.11 Å². The van der Waals surface area contributed by atoms with E-state index in [4.69, 9.17) is 4.84 Å². The van der Waals surface area contributed by atoms with Crippen molar-refractivity contribution >= 4 is 11.9 Å². The number of rotatable bonds is 3. The fourth-order valence-corrected chi connectivity index (χ4v) is 0.576. The van der Waals surface area contributed by atoms with Crippen LogP contribution < -0.4 is 5.48 Å². The summed E-state index contributed by atoms with van der Waals surface area (Å²) < 4.78 is 4.41. The molecule has 0 aliphatic carbocycles. The second kappa shape index (κ2) is 4.95. The summed E-state index contributed by atoms with van der Waals surface area (Å²) in [5, 5.41) is 0. The molecule has 0 aromatic heterocycles. The highest BCUT2D eigenvalue weighted by atomic mass is 16.7. The Hall–Kier alpha value is -1.10. The van der Waals surface area contributed by atoms with Crippen LogP contribution in [0.4, 0.5) is 0 Å². The molecule has 0 aliphatic heterocycles. The van der Waals surface area contributed by atoms with Gasteiger partial charge in [-0.25, -0.2) is 5.48 Å². The molecule has 1 unspecified atom stereocenters. The van der Waals surface area contributed by atoms with Gasteiger partial charge in [-0.3, -0.25) is 14.4 Å². The average molecular weight is 203 g/mol. The molecule has 0 fully saturated rings. The van der Waals surface area contributed by atoms with Gasteiger partial charge in [-0.15, -0.1) is 0 Å². The molecule has 0 bridgehead atoms. The molecule has 0 aliphatic rings. The van der Waals surface area contributed by atoms with Gasteiger partial charge in [0.05, 0.1) is 12.7 Å². The van der Waals surface area contributed by atoms with Gasteiger partial charge in [-0.1, -0.05) is 0 Å². The topological polar surface area (TPSA) is 64.6 Å². The molecule has 0 heterocycles. The fraction of sp³-hybridized carbons (Fsp3) is 0.778. The van der Waals surface area contributed by atoms with Gasteiger partial charge in [0.25, 0.3) is 5.91 Å². The molecule has 0 saturated carbocycles. The number of esters is 1. The molecule has 14 heavy (non-hydrogen) atoms. The van der Waals surface area contributed by atoms with Gasteiger partial charge in [-0.2, -0.15) is 0 Å². The third-order valence-corrected chi connectivity index (χ3v) is 1.41. The maximum atomic E-state index is 11.3. The van der Waals surface area contributed by atoms with E-state index in [1.165, 1.54) is 14.0 Å². The molecule has 1 amide bonds. The van der Waals surface area contributed by atoms with Crippen LogP contribution in [0.2, 0.25) is 0 Å². The number of hydroxylamine groups is 1. The monoisotopic (exact) mass is 203 g/mol. The minimum absolute atomic E-state index is 0.481. The number of hydrogen-bond donors (Lipinski definition) is 1. The van der Waals surface area contributed by atoms with Crippen molar-refractivity contribution in [3.8, 4) is 0 Å². The fourth-order valence-electron chi connectivity index (χ4n) is 0.576. The van der Waals surface area contributed by atoms with Crippen LogP contribution in [0.1, 0.15) is 27.7 Å². The number of carbonyl (C=O) groups is 2. The van der Waals surface area contributed by atoms with Crippen LogP contribution in [-0.4, -0.2) is 24.6 Å². The lowest BCUT2D eigenvalue weighted by Crippen LogP contribution is -2.39. The number of methoxy groups -OCH3 is 1. The molecule has 0 radical (unpaired) electrons. The smallest absolute Gasteiger partial charge is 0.318 e. The summed E-state index contributed by atoms with van der Waals surface area (Å²) in [7, 11) is 1.23. The van der Waals surface area contributed by atoms with Crippen LogP contribution in [0.15, 0.2) is 0 Å². The molecular weight excluding hydrogens is 186 g/mol. The minimum Gasteiger partial charge on any atom is -0.468 e. The van der Waals surface area contributed by atoms with Crippen molar-refractivity contribution in [2.45, 2.75) is 33.3 Å². The Morgan fingerprint density at radius 3 is 2.14 bits per heavy atom. The predicted molar refractivity (Wildman–Crippen MR) is 50.2 cm³/mol. The molecule has 0 rings (SSSR count). The zero-order chi connectivity index (χ0) is 11.4. The number of carbonyl (C=O) groups excluding carboxylic acids is 2. The Morgan fingerprint density at radius 1 is 1.29 bits per heavy atom. The molecule has 5 nitrogen and oxygen atoms in total. The lowest BCUT2D eigenvalue weighted by molar-refractivity contribution is -0.159. The van der Waals surface area contributed by atoms with Crippen LogP contribution in [0.25, 0.3) is 0 Å². The molecule has 1 atom stereocenters. The Labute approximate surface area is 83.7 Å². The summed E-state index contributed by atoms with van der Waals surface area (Å²) in [6.07, 6.45) is 0. The zero-order valence-electron chi connectivity index (χ0n) is 9.21. The molecule has 82 valence electrons. The van der Waals surface area contributed by atoms with E-state index in [1.807, 2.05) is 0 Å². The molecule has 0 spiro atoms. The first-order valence-corrected chi connectivity index (χ1v) is 4.33. The van der Waals surface area contributed by atoms with Crippen LogP contribution in [-0.2, 0) is 19.2 Å². The van der Waals surface area contributed by atoms with Crippen molar-refractivity contribution < 1.29 is 19.2 Å². The van der Waals surface area contributed by atoms with E-state index in [2.05, 4.69) is 10.2 Å². The molecule has 0 aromatic carbocycles. The minimum atomic E-state index is -0.859. The number of ether oxygens (including phenoxy) is 1. The highest BCUT2D eigenvalue weighted by Gasteiger charge is 2.23. The zero-order valence-corrected chi connectivity index (χ0v) is 9.21. The third kappa shape index (κ3) is 4.81. The number of amides is 1. The van der Waals surface area contributed by atoms with Crippen LogP contribution in [0.5, 0.6) is 0 Å². The van der Waals surface area contributed by atoms with E-state index in [0.29, 0.717) is 0 Å². The first-order chi connectivity index (χ1) is 6.28. The summed E-state index contributed by atoms with van der Waals surface area (Å²) in [5.74, 6) is -1.95. The molecule has 1 N–H and O–H groups in total. The lowest BCUT2D eigenvalue weighted by atomic mass is 10.2. The predicted octanol–water partition coefficient (Wildman–Crippen LogP) is 0.642. The third-order valence-electron chi connectivity index (χ3n) is 1.41. The van der Waals surface area contributed by atoms with Crippen LogP contribution in [0, 0.1) is 5.92 Å². The summed E-state index contributed by atoms with van der Waals surface area (Å²) in [6, 6.07) is 0. The van der Waals surface area contributed by atoms with Gasteiger partial charge < -0.3 is 4.74 Å². The quantitative estimate of drug-likeness (QED) is 0.415. The lowest BCUT2D eigenvalue weighted by Gasteiger charge is -2.20. The van der Waals surface area contributed by atoms with Crippen molar-refractivity contribution in [3.63, 3.8) is 0 Å². The molecule has 0 aromatic rings. The normalized spacial score (nSPS) is 13.2. The second-order valence-electron chi connectivity index (χ2n) is 3.93. The van der Waals surface area contributed by atoms with Crippen molar-refractivity contribution in [2.24, 2.45) is 5.92 Å². The van der Waals surface area contributed by atoms with Gasteiger partial charge >= 0.3 is 5.97 Å². The first kappa shape index (κ1) is 12.9. The Morgan fingerprint density at radius 2 is 1.79 bits per heavy atom. The Balaban J connectivity index is 4.03. The van der Waals surface area contributed by atoms with Crippen molar-refractivity contribution in [1.82, 2.24) is 5.48 Å². The second-order valence-corrected chi connectivity index (χ2v) is 3.93. The van der Waals surface area contributed by atoms with Crippen molar-refractivity contribution in [3.05, 3.63) is 0 Å². The highest BCUT2D eigenvalue weighted by molar-refractivity contribution is 5.96. The van der Waals surface area contributed by atoms with Crippen LogP contribution in [0.3, 0.4) is 0 Å². The van der Waals surface area contributed by atoms with E-state index < -0.39 is 23.4 Å². The maximum absolute atomic E-state index is 11.3. The number of nitrogens with one attached hydrogen (secondary N) is 1. The van der Waals surface area contributed by atoms with E-state index in [-0.39, 0.29) is 0 Å². The molecular formula is C9H17NO4.